The Morgan fingerprint density at radius 1 is 0.947 bits per heavy atom. The molecule has 4 atom stereocenters. The number of hydrogen-bond donors (Lipinski definition) is 2. The van der Waals surface area contributed by atoms with Gasteiger partial charge in [-0.3, -0.25) is 0 Å². The fourth-order valence-corrected chi connectivity index (χ4v) is 3.94. The van der Waals surface area contributed by atoms with Gasteiger partial charge in [0.2, 0.25) is 0 Å². The summed E-state index contributed by atoms with van der Waals surface area (Å²) in [4.78, 5) is 2.24. The van der Waals surface area contributed by atoms with Crippen molar-refractivity contribution in [1.29, 1.82) is 0 Å². The van der Waals surface area contributed by atoms with E-state index >= 15 is 0 Å². The second-order valence-corrected chi connectivity index (χ2v) is 7.33. The fraction of sp³-hybridized carbons (Fsp3) is 0.933. The molecule has 2 heterocycles. The van der Waals surface area contributed by atoms with Gasteiger partial charge in [-0.25, -0.2) is 0 Å². The normalized spacial score (nSPS) is 35.3. The van der Waals surface area contributed by atoms with E-state index in [0.29, 0.717) is 12.1 Å². The van der Waals surface area contributed by atoms with E-state index in [-0.39, 0.29) is 0 Å². The molecule has 0 spiro atoms. The van der Waals surface area contributed by atoms with Gasteiger partial charge in [0, 0.05) is 24.2 Å². The maximum atomic E-state index is 5.06. The van der Waals surface area contributed by atoms with Gasteiger partial charge in [0.05, 0.1) is 0 Å². The number of rotatable bonds is 0. The number of thiocarbonyl (C=S) groups is 1. The van der Waals surface area contributed by atoms with Crippen LogP contribution in [0.1, 0.15) is 66.2 Å². The van der Waals surface area contributed by atoms with Gasteiger partial charge in [-0.1, -0.05) is 18.6 Å². The van der Waals surface area contributed by atoms with Gasteiger partial charge in [0.1, 0.15) is 4.32 Å². The molecule has 0 amide bonds. The monoisotopic (exact) mass is 302 g/mol. The van der Waals surface area contributed by atoms with Crippen LogP contribution in [0, 0.1) is 0 Å². The Morgan fingerprint density at radius 2 is 1.37 bits per heavy atom. The number of nitrogens with one attached hydrogen (secondary N) is 1. The molecule has 2 nitrogen and oxygen atoms in total. The fourth-order valence-electron chi connectivity index (χ4n) is 3.18. The zero-order valence-corrected chi connectivity index (χ0v) is 14.6. The third kappa shape index (κ3) is 6.01. The molecule has 4 heteroatoms. The molecule has 0 bridgehead atoms. The molecule has 2 fully saturated rings. The smallest absolute Gasteiger partial charge is 0.133 e. The van der Waals surface area contributed by atoms with E-state index < -0.39 is 0 Å². The number of thiol groups is 1. The lowest BCUT2D eigenvalue weighted by Crippen LogP contribution is -2.44. The van der Waals surface area contributed by atoms with E-state index in [9.17, 15) is 0 Å². The van der Waals surface area contributed by atoms with Gasteiger partial charge in [0.25, 0.3) is 0 Å². The van der Waals surface area contributed by atoms with Gasteiger partial charge in [-0.15, -0.1) is 12.6 Å². The lowest BCUT2D eigenvalue weighted by atomic mass is 9.99. The first kappa shape index (κ1) is 17.3. The summed E-state index contributed by atoms with van der Waals surface area (Å²) in [6, 6.07) is 2.70. The number of nitrogens with zero attached hydrogens (tertiary/aromatic N) is 1. The minimum Gasteiger partial charge on any atom is -0.352 e. The summed E-state index contributed by atoms with van der Waals surface area (Å²) in [5.74, 6) is 0. The molecule has 0 aromatic heterocycles. The van der Waals surface area contributed by atoms with Crippen LogP contribution in [-0.4, -0.2) is 33.4 Å². The molecule has 0 radical (unpaired) electrons. The predicted molar refractivity (Wildman–Crippen MR) is 92.1 cm³/mol. The minimum absolute atomic E-state index is 0.587. The molecular formula is C15H30N2S2. The largest absolute Gasteiger partial charge is 0.352 e. The zero-order chi connectivity index (χ0) is 14.4. The Labute approximate surface area is 130 Å². The average molecular weight is 303 g/mol. The van der Waals surface area contributed by atoms with E-state index in [4.69, 9.17) is 12.2 Å². The van der Waals surface area contributed by atoms with Crippen LogP contribution in [0.4, 0.5) is 0 Å². The van der Waals surface area contributed by atoms with Gasteiger partial charge in [-0.2, -0.15) is 0 Å². The van der Waals surface area contributed by atoms with Crippen LogP contribution >= 0.6 is 24.8 Å². The zero-order valence-electron chi connectivity index (χ0n) is 12.9. The van der Waals surface area contributed by atoms with Crippen LogP contribution < -0.4 is 5.32 Å². The highest BCUT2D eigenvalue weighted by molar-refractivity contribution is 8.10. The van der Waals surface area contributed by atoms with Gasteiger partial charge in [0.15, 0.2) is 0 Å². The Balaban J connectivity index is 0.000000200. The van der Waals surface area contributed by atoms with Crippen molar-refractivity contribution < 1.29 is 0 Å². The molecule has 1 N–H and O–H groups in total. The van der Waals surface area contributed by atoms with Gasteiger partial charge >= 0.3 is 0 Å². The lowest BCUT2D eigenvalue weighted by molar-refractivity contribution is 0.199. The van der Waals surface area contributed by atoms with Crippen molar-refractivity contribution in [3.8, 4) is 0 Å². The molecule has 4 unspecified atom stereocenters. The van der Waals surface area contributed by atoms with E-state index in [1.165, 1.54) is 38.5 Å². The quantitative estimate of drug-likeness (QED) is 0.520. The van der Waals surface area contributed by atoms with Gasteiger partial charge < -0.3 is 10.2 Å². The first-order chi connectivity index (χ1) is 8.91. The molecular weight excluding hydrogens is 272 g/mol. The maximum absolute atomic E-state index is 5.06. The first-order valence-electron chi connectivity index (χ1n) is 7.69. The average Bonchev–Trinajstić information content (AvgIpc) is 2.28. The van der Waals surface area contributed by atoms with Crippen LogP contribution in [0.5, 0.6) is 0 Å². The van der Waals surface area contributed by atoms with Crippen molar-refractivity contribution in [3.63, 3.8) is 0 Å². The number of piperidine rings is 2. The third-order valence-electron chi connectivity index (χ3n) is 4.26. The Kier molecular flexibility index (Phi) is 7.70. The van der Waals surface area contributed by atoms with Crippen LogP contribution in [0.25, 0.3) is 0 Å². The molecule has 0 aromatic carbocycles. The van der Waals surface area contributed by atoms with E-state index in [1.807, 2.05) is 0 Å². The molecule has 0 aromatic rings. The minimum atomic E-state index is 0.587. The molecule has 2 aliphatic rings. The molecule has 112 valence electrons. The summed E-state index contributed by atoms with van der Waals surface area (Å²) in [7, 11) is 0. The summed E-state index contributed by atoms with van der Waals surface area (Å²) in [5.41, 5.74) is 0. The highest BCUT2D eigenvalue weighted by atomic mass is 32.1. The summed E-state index contributed by atoms with van der Waals surface area (Å²) in [6.07, 6.45) is 7.98. The molecule has 0 aliphatic carbocycles. The molecule has 2 aliphatic heterocycles. The van der Waals surface area contributed by atoms with Crippen molar-refractivity contribution in [2.24, 2.45) is 0 Å². The van der Waals surface area contributed by atoms with Crippen LogP contribution in [0.15, 0.2) is 0 Å². The van der Waals surface area contributed by atoms with Crippen LogP contribution in [-0.2, 0) is 0 Å². The summed E-state index contributed by atoms with van der Waals surface area (Å²) < 4.78 is 0.754. The van der Waals surface area contributed by atoms with Crippen molar-refractivity contribution in [1.82, 2.24) is 10.2 Å². The van der Waals surface area contributed by atoms with E-state index in [0.717, 1.165) is 16.4 Å². The first-order valence-corrected chi connectivity index (χ1v) is 8.54. The Bertz CT molecular complexity index is 265. The molecule has 2 rings (SSSR count). The number of hydrogen-bond acceptors (Lipinski definition) is 2. The molecule has 0 saturated carbocycles. The predicted octanol–water partition coefficient (Wildman–Crippen LogP) is 4.00. The topological polar surface area (TPSA) is 15.3 Å². The van der Waals surface area contributed by atoms with Crippen molar-refractivity contribution in [2.75, 3.05) is 0 Å². The van der Waals surface area contributed by atoms with Crippen molar-refractivity contribution >= 4 is 29.2 Å². The number of likely N-dealkylation sites (tertiary alicyclic amines) is 1. The van der Waals surface area contributed by atoms with E-state index in [2.05, 4.69) is 50.5 Å². The Hall–Kier alpha value is 0.200. The Morgan fingerprint density at radius 3 is 1.63 bits per heavy atom. The second-order valence-electron chi connectivity index (χ2n) is 6.22. The van der Waals surface area contributed by atoms with E-state index in [1.54, 1.807) is 0 Å². The summed E-state index contributed by atoms with van der Waals surface area (Å²) in [5, 5.41) is 3.48. The highest BCUT2D eigenvalue weighted by Crippen LogP contribution is 2.23. The van der Waals surface area contributed by atoms with Crippen LogP contribution in [0.2, 0.25) is 0 Å². The maximum Gasteiger partial charge on any atom is 0.133 e. The summed E-state index contributed by atoms with van der Waals surface area (Å²) in [6.45, 7) is 8.96. The van der Waals surface area contributed by atoms with Gasteiger partial charge in [-0.05, 0) is 59.8 Å². The van der Waals surface area contributed by atoms with Crippen molar-refractivity contribution in [2.45, 2.75) is 90.4 Å². The van der Waals surface area contributed by atoms with Crippen LogP contribution in [0.3, 0.4) is 0 Å². The van der Waals surface area contributed by atoms with Crippen molar-refractivity contribution in [3.05, 3.63) is 0 Å². The molecule has 2 saturated heterocycles. The summed E-state index contributed by atoms with van der Waals surface area (Å²) >= 11 is 9.28. The lowest BCUT2D eigenvalue weighted by Gasteiger charge is -2.39. The highest BCUT2D eigenvalue weighted by Gasteiger charge is 2.24. The standard InChI is InChI=1S/C8H15NS2.C7H15N/c1-6-4-3-5-7(2)9(6)8(10)11;1-6-4-3-5-7(2)8-6/h6-7H,3-5H2,1-2H3,(H,10,11);6-8H,3-5H2,1-2H3. The molecule has 19 heavy (non-hydrogen) atoms. The second kappa shape index (κ2) is 8.48. The SMILES string of the molecule is CC1CCCC(C)N1.CC1CCCC(C)N1C(=S)S. The third-order valence-corrected chi connectivity index (χ3v) is 4.70.